The second kappa shape index (κ2) is 8.75. The first kappa shape index (κ1) is 22.6. The topological polar surface area (TPSA) is 104 Å². The molecule has 1 unspecified atom stereocenters. The fraction of sp³-hybridized carbons (Fsp3) is 0.211. The average molecular weight is 484 g/mol. The van der Waals surface area contributed by atoms with Crippen molar-refractivity contribution < 1.29 is 22.7 Å². The number of aromatic nitrogens is 7. The molecule has 172 valence electrons. The van der Waals surface area contributed by atoms with Crippen LogP contribution in [0.4, 0.5) is 17.6 Å². The first-order valence-corrected chi connectivity index (χ1v) is 9.71. The van der Waals surface area contributed by atoms with Crippen molar-refractivity contribution in [1.29, 1.82) is 0 Å². The molecule has 1 N–H and O–H groups in total. The van der Waals surface area contributed by atoms with Gasteiger partial charge in [-0.15, -0.1) is 10.2 Å². The number of hydrogen-bond acceptors (Lipinski definition) is 6. The molecule has 0 aliphatic rings. The molecule has 0 radical (unpaired) electrons. The lowest BCUT2D eigenvalue weighted by Gasteiger charge is -2.15. The molecule has 0 aliphatic carbocycles. The van der Waals surface area contributed by atoms with Crippen LogP contribution in [0.3, 0.4) is 0 Å². The van der Waals surface area contributed by atoms with Gasteiger partial charge in [-0.2, -0.15) is 17.9 Å². The van der Waals surface area contributed by atoms with E-state index in [1.807, 2.05) is 0 Å². The van der Waals surface area contributed by atoms with Crippen LogP contribution in [0.5, 0.6) is 0 Å². The van der Waals surface area contributed by atoms with Gasteiger partial charge in [0.15, 0.2) is 29.4 Å². The molecule has 1 aromatic carbocycles. The van der Waals surface area contributed by atoms with Crippen molar-refractivity contribution in [3.8, 4) is 17.2 Å². The highest BCUT2D eigenvalue weighted by molar-refractivity contribution is 6.30. The maximum absolute atomic E-state index is 13.9. The Kier molecular flexibility index (Phi) is 5.99. The Balaban J connectivity index is 1.71. The van der Waals surface area contributed by atoms with E-state index in [2.05, 4.69) is 20.2 Å². The molecule has 1 atom stereocenters. The van der Waals surface area contributed by atoms with Crippen molar-refractivity contribution in [3.05, 3.63) is 76.1 Å². The molecule has 3 heterocycles. The summed E-state index contributed by atoms with van der Waals surface area (Å²) in [6.07, 6.45) is -5.19. The normalized spacial score (nSPS) is 12.8. The molecule has 0 aliphatic heterocycles. The number of alkyl halides is 3. The van der Waals surface area contributed by atoms with Crippen LogP contribution in [0.25, 0.3) is 17.2 Å². The van der Waals surface area contributed by atoms with E-state index in [0.717, 1.165) is 9.36 Å². The molecule has 0 bridgehead atoms. The van der Waals surface area contributed by atoms with Gasteiger partial charge in [-0.3, -0.25) is 4.57 Å². The number of rotatable bonds is 6. The Morgan fingerprint density at radius 2 is 1.82 bits per heavy atom. The molecule has 0 amide bonds. The highest BCUT2D eigenvalue weighted by Crippen LogP contribution is 2.24. The molecule has 3 aromatic heterocycles. The number of pyridine rings is 1. The van der Waals surface area contributed by atoms with Crippen molar-refractivity contribution >= 4 is 11.6 Å². The van der Waals surface area contributed by atoms with Gasteiger partial charge >= 0.3 is 11.9 Å². The van der Waals surface area contributed by atoms with E-state index in [0.29, 0.717) is 15.2 Å². The predicted molar refractivity (Wildman–Crippen MR) is 107 cm³/mol. The third-order valence-electron chi connectivity index (χ3n) is 4.55. The second-order valence-corrected chi connectivity index (χ2v) is 7.29. The SMILES string of the molecule is O=c1n(Cc2ncn(-c3ncccc3F)n2)nc(-c2ccc(Cl)cc2)n1CC(O)C(F)(F)F. The standard InChI is InChI=1S/C19H14ClF4N7O2/c20-12-5-3-11(4-6-12)16-28-30(18(33)29(16)8-14(32)19(22,23)24)9-15-26-10-31(27-15)17-13(21)2-1-7-25-17/h1-7,10,14,32H,8-9H2. The van der Waals surface area contributed by atoms with E-state index in [1.165, 1.54) is 48.9 Å². The van der Waals surface area contributed by atoms with Crippen LogP contribution < -0.4 is 5.69 Å². The molecular formula is C19H14ClF4N7O2. The van der Waals surface area contributed by atoms with Crippen molar-refractivity contribution in [2.24, 2.45) is 0 Å². The monoisotopic (exact) mass is 483 g/mol. The third kappa shape index (κ3) is 4.78. The maximum Gasteiger partial charge on any atom is 0.416 e. The summed E-state index contributed by atoms with van der Waals surface area (Å²) in [6, 6.07) is 8.49. The summed E-state index contributed by atoms with van der Waals surface area (Å²) in [5.74, 6) is -0.855. The minimum Gasteiger partial charge on any atom is -0.382 e. The number of hydrogen-bond donors (Lipinski definition) is 1. The first-order valence-electron chi connectivity index (χ1n) is 9.33. The van der Waals surface area contributed by atoms with E-state index >= 15 is 0 Å². The Morgan fingerprint density at radius 1 is 1.09 bits per heavy atom. The van der Waals surface area contributed by atoms with Gasteiger partial charge in [0.1, 0.15) is 12.9 Å². The van der Waals surface area contributed by atoms with Crippen LogP contribution >= 0.6 is 11.6 Å². The fourth-order valence-corrected chi connectivity index (χ4v) is 3.08. The largest absolute Gasteiger partial charge is 0.416 e. The van der Waals surface area contributed by atoms with Gasteiger partial charge in [0.2, 0.25) is 0 Å². The van der Waals surface area contributed by atoms with Crippen LogP contribution in [-0.2, 0) is 13.1 Å². The van der Waals surface area contributed by atoms with Crippen LogP contribution in [0.15, 0.2) is 53.7 Å². The smallest absolute Gasteiger partial charge is 0.382 e. The van der Waals surface area contributed by atoms with Gasteiger partial charge < -0.3 is 5.11 Å². The van der Waals surface area contributed by atoms with E-state index in [9.17, 15) is 27.5 Å². The summed E-state index contributed by atoms with van der Waals surface area (Å²) >= 11 is 5.86. The Bertz CT molecular complexity index is 1330. The lowest BCUT2D eigenvalue weighted by molar-refractivity contribution is -0.207. The predicted octanol–water partition coefficient (Wildman–Crippen LogP) is 2.45. The summed E-state index contributed by atoms with van der Waals surface area (Å²) in [6.45, 7) is -1.39. The lowest BCUT2D eigenvalue weighted by atomic mass is 10.2. The van der Waals surface area contributed by atoms with Crippen LogP contribution in [-0.4, -0.2) is 51.5 Å². The molecule has 9 nitrogen and oxygen atoms in total. The summed E-state index contributed by atoms with van der Waals surface area (Å²) in [4.78, 5) is 20.7. The van der Waals surface area contributed by atoms with Gasteiger partial charge in [0.05, 0.1) is 6.54 Å². The van der Waals surface area contributed by atoms with Gasteiger partial charge in [0.25, 0.3) is 0 Å². The average Bonchev–Trinajstić information content (AvgIpc) is 3.34. The molecule has 14 heteroatoms. The number of halogens is 5. The zero-order valence-corrected chi connectivity index (χ0v) is 17.2. The zero-order valence-electron chi connectivity index (χ0n) is 16.5. The Morgan fingerprint density at radius 3 is 2.48 bits per heavy atom. The third-order valence-corrected chi connectivity index (χ3v) is 4.80. The number of aliphatic hydroxyl groups excluding tert-OH is 1. The van der Waals surface area contributed by atoms with Gasteiger partial charge in [-0.1, -0.05) is 11.6 Å². The number of aliphatic hydroxyl groups is 1. The van der Waals surface area contributed by atoms with Crippen LogP contribution in [0.1, 0.15) is 5.82 Å². The minimum absolute atomic E-state index is 0.0332. The minimum atomic E-state index is -4.94. The van der Waals surface area contributed by atoms with E-state index in [4.69, 9.17) is 11.6 Å². The summed E-state index contributed by atoms with van der Waals surface area (Å²) in [7, 11) is 0. The molecule has 4 rings (SSSR count). The van der Waals surface area contributed by atoms with Crippen molar-refractivity contribution in [1.82, 2.24) is 34.1 Å². The summed E-state index contributed by atoms with van der Waals surface area (Å²) in [5, 5.41) is 18.0. The van der Waals surface area contributed by atoms with Crippen molar-refractivity contribution in [3.63, 3.8) is 0 Å². The molecule has 0 saturated heterocycles. The molecule has 0 fully saturated rings. The zero-order chi connectivity index (χ0) is 23.8. The second-order valence-electron chi connectivity index (χ2n) is 6.85. The lowest BCUT2D eigenvalue weighted by Crippen LogP contribution is -2.37. The van der Waals surface area contributed by atoms with Crippen LogP contribution in [0, 0.1) is 5.82 Å². The highest BCUT2D eigenvalue weighted by Gasteiger charge is 2.39. The van der Waals surface area contributed by atoms with E-state index < -0.39 is 30.3 Å². The van der Waals surface area contributed by atoms with Gasteiger partial charge in [0, 0.05) is 16.8 Å². The molecule has 33 heavy (non-hydrogen) atoms. The Labute approximate surface area is 187 Å². The summed E-state index contributed by atoms with van der Waals surface area (Å²) < 4.78 is 55.3. The summed E-state index contributed by atoms with van der Waals surface area (Å²) in [5.41, 5.74) is -0.623. The highest BCUT2D eigenvalue weighted by atomic mass is 35.5. The fourth-order valence-electron chi connectivity index (χ4n) is 2.95. The van der Waals surface area contributed by atoms with E-state index in [1.54, 1.807) is 0 Å². The molecule has 0 saturated carbocycles. The van der Waals surface area contributed by atoms with E-state index in [-0.39, 0.29) is 24.0 Å². The number of benzene rings is 1. The van der Waals surface area contributed by atoms with Crippen LogP contribution in [0.2, 0.25) is 5.02 Å². The molecule has 0 spiro atoms. The van der Waals surface area contributed by atoms with Crippen molar-refractivity contribution in [2.45, 2.75) is 25.4 Å². The first-order chi connectivity index (χ1) is 15.6. The molecular weight excluding hydrogens is 470 g/mol. The number of nitrogens with zero attached hydrogens (tertiary/aromatic N) is 7. The molecule has 4 aromatic rings. The Hall–Kier alpha value is -3.58. The van der Waals surface area contributed by atoms with Crippen molar-refractivity contribution in [2.75, 3.05) is 0 Å². The van der Waals surface area contributed by atoms with Gasteiger partial charge in [-0.25, -0.2) is 23.8 Å². The van der Waals surface area contributed by atoms with Gasteiger partial charge in [-0.05, 0) is 36.4 Å². The maximum atomic E-state index is 13.9. The quantitative estimate of drug-likeness (QED) is 0.423.